The van der Waals surface area contributed by atoms with Crippen LogP contribution in [0.4, 0.5) is 5.69 Å². The van der Waals surface area contributed by atoms with E-state index in [9.17, 15) is 5.11 Å². The maximum absolute atomic E-state index is 9.32. The molecule has 0 aromatic heterocycles. The molecule has 0 aliphatic rings. The molecule has 1 unspecified atom stereocenters. The van der Waals surface area contributed by atoms with E-state index in [0.717, 1.165) is 24.5 Å². The van der Waals surface area contributed by atoms with Crippen molar-refractivity contribution in [2.75, 3.05) is 18.5 Å². The van der Waals surface area contributed by atoms with E-state index in [1.807, 2.05) is 24.3 Å². The summed E-state index contributed by atoms with van der Waals surface area (Å²) in [5.41, 5.74) is 0.998. The largest absolute Gasteiger partial charge is 0.494 e. The van der Waals surface area contributed by atoms with Crippen LogP contribution >= 0.6 is 0 Å². The number of aliphatic hydroxyl groups excluding tert-OH is 1. The number of hydrogen-bond donors (Lipinski definition) is 2. The van der Waals surface area contributed by atoms with Crippen LogP contribution in [0.25, 0.3) is 0 Å². The fourth-order valence-electron chi connectivity index (χ4n) is 3.09. The molecule has 2 N–H and O–H groups in total. The molecule has 0 aliphatic heterocycles. The van der Waals surface area contributed by atoms with Crippen molar-refractivity contribution in [3.8, 4) is 5.75 Å². The second kappa shape index (κ2) is 16.0. The lowest BCUT2D eigenvalue weighted by atomic mass is 10.1. The van der Waals surface area contributed by atoms with Crippen LogP contribution in [-0.4, -0.2) is 24.4 Å². The molecular weight excluding hydrogens is 322 g/mol. The molecule has 0 amide bonds. The van der Waals surface area contributed by atoms with Gasteiger partial charge in [0.2, 0.25) is 0 Å². The summed E-state index contributed by atoms with van der Waals surface area (Å²) >= 11 is 0. The molecule has 1 atom stereocenters. The maximum atomic E-state index is 9.32. The maximum Gasteiger partial charge on any atom is 0.121 e. The Kier molecular flexibility index (Phi) is 14.0. The van der Waals surface area contributed by atoms with Crippen molar-refractivity contribution >= 4 is 5.69 Å². The van der Waals surface area contributed by atoms with E-state index in [-0.39, 0.29) is 6.10 Å². The molecule has 1 rings (SSSR count). The van der Waals surface area contributed by atoms with E-state index in [0.29, 0.717) is 6.54 Å². The Bertz CT molecular complexity index is 434. The summed E-state index contributed by atoms with van der Waals surface area (Å²) < 4.78 is 5.84. The number of anilines is 1. The topological polar surface area (TPSA) is 41.5 Å². The summed E-state index contributed by atoms with van der Waals surface area (Å²) in [6, 6.07) is 7.98. The number of ether oxygens (including phenoxy) is 1. The molecule has 0 spiro atoms. The number of nitrogens with one attached hydrogen (secondary N) is 1. The van der Waals surface area contributed by atoms with Crippen molar-refractivity contribution in [3.63, 3.8) is 0 Å². The highest BCUT2D eigenvalue weighted by atomic mass is 16.5. The van der Waals surface area contributed by atoms with Crippen molar-refractivity contribution in [1.29, 1.82) is 0 Å². The van der Waals surface area contributed by atoms with Crippen LogP contribution in [0.15, 0.2) is 24.3 Å². The van der Waals surface area contributed by atoms with Crippen molar-refractivity contribution in [3.05, 3.63) is 24.3 Å². The molecule has 1 aromatic carbocycles. The third-order valence-corrected chi connectivity index (χ3v) is 4.70. The highest BCUT2D eigenvalue weighted by molar-refractivity contribution is 5.48. The lowest BCUT2D eigenvalue weighted by Crippen LogP contribution is -2.15. The van der Waals surface area contributed by atoms with Gasteiger partial charge in [0.15, 0.2) is 0 Å². The number of unbranched alkanes of at least 4 members (excludes halogenated alkanes) is 11. The first-order valence-corrected chi connectivity index (χ1v) is 10.9. The minimum atomic E-state index is -0.347. The molecule has 0 aliphatic carbocycles. The SMILES string of the molecule is CCCCCCCCCCCCCCOc1cccc(NCC(C)O)c1. The smallest absolute Gasteiger partial charge is 0.121 e. The van der Waals surface area contributed by atoms with Crippen molar-refractivity contribution in [2.24, 2.45) is 0 Å². The van der Waals surface area contributed by atoms with Crippen LogP contribution < -0.4 is 10.1 Å². The summed E-state index contributed by atoms with van der Waals surface area (Å²) in [6.07, 6.45) is 16.0. The van der Waals surface area contributed by atoms with Gasteiger partial charge in [-0.2, -0.15) is 0 Å². The van der Waals surface area contributed by atoms with Crippen LogP contribution in [0.5, 0.6) is 5.75 Å². The third-order valence-electron chi connectivity index (χ3n) is 4.70. The van der Waals surface area contributed by atoms with Gasteiger partial charge in [0.05, 0.1) is 12.7 Å². The monoisotopic (exact) mass is 363 g/mol. The second-order valence-electron chi connectivity index (χ2n) is 7.50. The number of benzene rings is 1. The van der Waals surface area contributed by atoms with Gasteiger partial charge in [0, 0.05) is 18.3 Å². The predicted molar refractivity (Wildman–Crippen MR) is 113 cm³/mol. The predicted octanol–water partition coefficient (Wildman–Crippen LogP) is 6.56. The first-order valence-electron chi connectivity index (χ1n) is 10.9. The molecule has 3 heteroatoms. The van der Waals surface area contributed by atoms with Gasteiger partial charge in [-0.25, -0.2) is 0 Å². The van der Waals surface area contributed by atoms with Crippen LogP contribution in [-0.2, 0) is 0 Å². The first kappa shape index (κ1) is 22.8. The zero-order valence-corrected chi connectivity index (χ0v) is 17.1. The number of rotatable bonds is 17. The first-order chi connectivity index (χ1) is 12.7. The molecule has 0 fully saturated rings. The molecule has 1 aromatic rings. The second-order valence-corrected chi connectivity index (χ2v) is 7.50. The zero-order chi connectivity index (χ0) is 18.9. The van der Waals surface area contributed by atoms with Crippen molar-refractivity contribution in [2.45, 2.75) is 97.0 Å². The average molecular weight is 364 g/mol. The number of aliphatic hydroxyl groups is 1. The van der Waals surface area contributed by atoms with E-state index in [1.165, 1.54) is 70.6 Å². The third kappa shape index (κ3) is 13.0. The highest BCUT2D eigenvalue weighted by Crippen LogP contribution is 2.18. The van der Waals surface area contributed by atoms with Crippen LogP contribution in [0.3, 0.4) is 0 Å². The van der Waals surface area contributed by atoms with Gasteiger partial charge >= 0.3 is 0 Å². The van der Waals surface area contributed by atoms with Crippen LogP contribution in [0, 0.1) is 0 Å². The van der Waals surface area contributed by atoms with Gasteiger partial charge in [-0.15, -0.1) is 0 Å². The normalized spacial score (nSPS) is 12.1. The minimum Gasteiger partial charge on any atom is -0.494 e. The lowest BCUT2D eigenvalue weighted by Gasteiger charge is -2.11. The Hall–Kier alpha value is -1.22. The quantitative estimate of drug-likeness (QED) is 0.308. The van der Waals surface area contributed by atoms with E-state index in [2.05, 4.69) is 12.2 Å². The molecule has 0 saturated heterocycles. The Morgan fingerprint density at radius 3 is 2.04 bits per heavy atom. The average Bonchev–Trinajstić information content (AvgIpc) is 2.64. The summed E-state index contributed by atoms with van der Waals surface area (Å²) in [5, 5.41) is 12.5. The fourth-order valence-corrected chi connectivity index (χ4v) is 3.09. The molecule has 0 heterocycles. The molecule has 3 nitrogen and oxygen atoms in total. The summed E-state index contributed by atoms with van der Waals surface area (Å²) in [5.74, 6) is 0.906. The van der Waals surface area contributed by atoms with E-state index in [4.69, 9.17) is 4.74 Å². The van der Waals surface area contributed by atoms with E-state index >= 15 is 0 Å². The van der Waals surface area contributed by atoms with Crippen LogP contribution in [0.2, 0.25) is 0 Å². The molecule has 0 bridgehead atoms. The van der Waals surface area contributed by atoms with E-state index in [1.54, 1.807) is 6.92 Å². The summed E-state index contributed by atoms with van der Waals surface area (Å²) in [6.45, 7) is 5.40. The van der Waals surface area contributed by atoms with E-state index < -0.39 is 0 Å². The fraction of sp³-hybridized carbons (Fsp3) is 0.739. The standard InChI is InChI=1S/C23H41NO2/c1-3-4-5-6-7-8-9-10-11-12-13-14-18-26-23-17-15-16-22(19-23)24-20-21(2)25/h15-17,19,21,24-25H,3-14,18,20H2,1-2H3. The Morgan fingerprint density at radius 2 is 1.46 bits per heavy atom. The van der Waals surface area contributed by atoms with Gasteiger partial charge in [0.1, 0.15) is 5.75 Å². The zero-order valence-electron chi connectivity index (χ0n) is 17.1. The lowest BCUT2D eigenvalue weighted by molar-refractivity contribution is 0.208. The molecule has 150 valence electrons. The van der Waals surface area contributed by atoms with Gasteiger partial charge in [-0.05, 0) is 25.5 Å². The highest BCUT2D eigenvalue weighted by Gasteiger charge is 1.99. The Labute approximate surface area is 161 Å². The summed E-state index contributed by atoms with van der Waals surface area (Å²) in [7, 11) is 0. The van der Waals surface area contributed by atoms with Gasteiger partial charge in [0.25, 0.3) is 0 Å². The molecule has 0 radical (unpaired) electrons. The van der Waals surface area contributed by atoms with Crippen molar-refractivity contribution in [1.82, 2.24) is 0 Å². The molecular formula is C23H41NO2. The van der Waals surface area contributed by atoms with Crippen molar-refractivity contribution < 1.29 is 9.84 Å². The Balaban J connectivity index is 1.93. The minimum absolute atomic E-state index is 0.347. The van der Waals surface area contributed by atoms with Gasteiger partial charge < -0.3 is 15.2 Å². The van der Waals surface area contributed by atoms with Gasteiger partial charge in [-0.1, -0.05) is 83.6 Å². The van der Waals surface area contributed by atoms with Crippen LogP contribution in [0.1, 0.15) is 90.9 Å². The molecule has 0 saturated carbocycles. The number of hydrogen-bond acceptors (Lipinski definition) is 3. The molecule has 26 heavy (non-hydrogen) atoms. The van der Waals surface area contributed by atoms with Gasteiger partial charge in [-0.3, -0.25) is 0 Å². The Morgan fingerprint density at radius 1 is 0.885 bits per heavy atom. The summed E-state index contributed by atoms with van der Waals surface area (Å²) in [4.78, 5) is 0.